The zero-order valence-corrected chi connectivity index (χ0v) is 18.2. The summed E-state index contributed by atoms with van der Waals surface area (Å²) in [6.45, 7) is 5.23. The van der Waals surface area contributed by atoms with Gasteiger partial charge in [-0.15, -0.1) is 6.58 Å². The summed E-state index contributed by atoms with van der Waals surface area (Å²) in [5.41, 5.74) is 0.558. The number of hydrogen-bond donors (Lipinski definition) is 2. The van der Waals surface area contributed by atoms with E-state index < -0.39 is 29.4 Å². The Labute approximate surface area is 191 Å². The van der Waals surface area contributed by atoms with Crippen molar-refractivity contribution in [3.05, 3.63) is 81.3 Å². The lowest BCUT2D eigenvalue weighted by molar-refractivity contribution is -0.116. The SMILES string of the molecule is C=CC1C=CC(F)=C(Cc2nc(-c3nc4c(c(=O)[nH]3)C(C)C(=O)N4)c3ccc(Cl)cn23)C1F. The largest absolute Gasteiger partial charge is 0.310 e. The first kappa shape index (κ1) is 21.3. The van der Waals surface area contributed by atoms with Crippen molar-refractivity contribution in [1.29, 1.82) is 0 Å². The quantitative estimate of drug-likeness (QED) is 0.558. The van der Waals surface area contributed by atoms with Crippen LogP contribution in [0.15, 0.2) is 59.3 Å². The molecule has 168 valence electrons. The number of alkyl halides is 1. The molecule has 0 radical (unpaired) electrons. The molecule has 7 nitrogen and oxygen atoms in total. The summed E-state index contributed by atoms with van der Waals surface area (Å²) in [5.74, 6) is -1.64. The predicted molar refractivity (Wildman–Crippen MR) is 121 cm³/mol. The van der Waals surface area contributed by atoms with Crippen LogP contribution in [-0.2, 0) is 11.2 Å². The first-order chi connectivity index (χ1) is 15.8. The molecule has 0 spiro atoms. The molecule has 3 aromatic heterocycles. The van der Waals surface area contributed by atoms with Crippen molar-refractivity contribution in [2.75, 3.05) is 5.32 Å². The van der Waals surface area contributed by atoms with Crippen LogP contribution in [0.4, 0.5) is 14.6 Å². The van der Waals surface area contributed by atoms with Gasteiger partial charge < -0.3 is 14.7 Å². The first-order valence-corrected chi connectivity index (χ1v) is 10.6. The van der Waals surface area contributed by atoms with Crippen molar-refractivity contribution in [1.82, 2.24) is 19.4 Å². The van der Waals surface area contributed by atoms with Crippen LogP contribution in [0.2, 0.25) is 5.02 Å². The summed E-state index contributed by atoms with van der Waals surface area (Å²) in [4.78, 5) is 36.3. The minimum atomic E-state index is -1.59. The fourth-order valence-electron chi connectivity index (χ4n) is 4.18. The fraction of sp³-hybridized carbons (Fsp3) is 0.217. The molecular weight excluding hydrogens is 452 g/mol. The number of anilines is 1. The van der Waals surface area contributed by atoms with Gasteiger partial charge in [-0.2, -0.15) is 0 Å². The number of carbonyl (C=O) groups excluding carboxylic acids is 1. The third kappa shape index (κ3) is 3.39. The van der Waals surface area contributed by atoms with Crippen molar-refractivity contribution in [3.63, 3.8) is 0 Å². The van der Waals surface area contributed by atoms with Gasteiger partial charge in [-0.3, -0.25) is 9.59 Å². The molecule has 2 aliphatic rings. The lowest BCUT2D eigenvalue weighted by atomic mass is 9.89. The molecule has 1 amide bonds. The monoisotopic (exact) mass is 469 g/mol. The van der Waals surface area contributed by atoms with Crippen LogP contribution in [0.1, 0.15) is 24.2 Å². The van der Waals surface area contributed by atoms with Crippen LogP contribution >= 0.6 is 11.6 Å². The molecule has 0 bridgehead atoms. The number of allylic oxidation sites excluding steroid dienone is 5. The van der Waals surface area contributed by atoms with Gasteiger partial charge in [-0.05, 0) is 25.1 Å². The van der Waals surface area contributed by atoms with Gasteiger partial charge in [-0.1, -0.05) is 23.8 Å². The van der Waals surface area contributed by atoms with Gasteiger partial charge in [0.1, 0.15) is 29.3 Å². The molecule has 0 fully saturated rings. The number of nitrogens with one attached hydrogen (secondary N) is 2. The topological polar surface area (TPSA) is 92.2 Å². The minimum Gasteiger partial charge on any atom is -0.310 e. The third-order valence-electron chi connectivity index (χ3n) is 5.98. The predicted octanol–water partition coefficient (Wildman–Crippen LogP) is 4.27. The normalized spacial score (nSPS) is 22.1. The van der Waals surface area contributed by atoms with Crippen molar-refractivity contribution >= 4 is 28.8 Å². The number of pyridine rings is 1. The van der Waals surface area contributed by atoms with Crippen LogP contribution in [0.5, 0.6) is 0 Å². The highest BCUT2D eigenvalue weighted by Gasteiger charge is 2.33. The number of nitrogens with zero attached hydrogens (tertiary/aromatic N) is 3. The zero-order chi connectivity index (χ0) is 23.4. The van der Waals surface area contributed by atoms with E-state index in [1.807, 2.05) is 0 Å². The maximum Gasteiger partial charge on any atom is 0.257 e. The van der Waals surface area contributed by atoms with E-state index in [9.17, 15) is 18.4 Å². The number of H-pyrrole nitrogens is 1. The molecule has 33 heavy (non-hydrogen) atoms. The van der Waals surface area contributed by atoms with Crippen molar-refractivity contribution < 1.29 is 13.6 Å². The molecule has 4 heterocycles. The standard InChI is InChI=1S/C23H18ClF2N5O2/c1-3-11-4-6-14(25)13(18(11)26)8-16-27-19(15-7-5-12(24)9-31(15)16)21-28-20-17(23(33)30-21)10(2)22(32)29-20/h3-7,9-11,18H,1,8H2,2H3,(H2,28,29,30,32,33). The Morgan fingerprint density at radius 2 is 2.09 bits per heavy atom. The van der Waals surface area contributed by atoms with Crippen molar-refractivity contribution in [2.24, 2.45) is 5.92 Å². The Morgan fingerprint density at radius 1 is 1.30 bits per heavy atom. The summed E-state index contributed by atoms with van der Waals surface area (Å²) in [6, 6.07) is 3.31. The van der Waals surface area contributed by atoms with Gasteiger partial charge in [0.15, 0.2) is 5.82 Å². The van der Waals surface area contributed by atoms with E-state index in [-0.39, 0.29) is 35.1 Å². The highest BCUT2D eigenvalue weighted by atomic mass is 35.5. The molecule has 1 aliphatic carbocycles. The second-order valence-corrected chi connectivity index (χ2v) is 8.43. The molecule has 3 unspecified atom stereocenters. The lowest BCUT2D eigenvalue weighted by Crippen LogP contribution is -2.20. The number of aromatic amines is 1. The summed E-state index contributed by atoms with van der Waals surface area (Å²) >= 11 is 6.17. The molecule has 0 aromatic carbocycles. The number of imidazole rings is 1. The molecule has 10 heteroatoms. The van der Waals surface area contributed by atoms with E-state index in [0.717, 1.165) is 0 Å². The van der Waals surface area contributed by atoms with E-state index in [4.69, 9.17) is 11.6 Å². The zero-order valence-electron chi connectivity index (χ0n) is 17.4. The van der Waals surface area contributed by atoms with Gasteiger partial charge in [0.05, 0.1) is 22.0 Å². The second-order valence-electron chi connectivity index (χ2n) is 7.99. The molecule has 2 N–H and O–H groups in total. The lowest BCUT2D eigenvalue weighted by Gasteiger charge is -2.21. The van der Waals surface area contributed by atoms with E-state index >= 15 is 0 Å². The highest BCUT2D eigenvalue weighted by Crippen LogP contribution is 2.34. The number of amides is 1. The van der Waals surface area contributed by atoms with Crippen LogP contribution in [0.25, 0.3) is 17.0 Å². The number of fused-ring (bicyclic) bond motifs is 2. The molecule has 0 saturated heterocycles. The van der Waals surface area contributed by atoms with E-state index in [1.165, 1.54) is 18.2 Å². The van der Waals surface area contributed by atoms with E-state index in [0.29, 0.717) is 22.1 Å². The Kier molecular flexibility index (Phi) is 5.01. The number of carbonyl (C=O) groups is 1. The van der Waals surface area contributed by atoms with Gasteiger partial charge in [0, 0.05) is 24.1 Å². The van der Waals surface area contributed by atoms with Gasteiger partial charge in [-0.25, -0.2) is 18.7 Å². The molecular formula is C23H18ClF2N5O2. The summed E-state index contributed by atoms with van der Waals surface area (Å²) in [5, 5.41) is 2.99. The van der Waals surface area contributed by atoms with E-state index in [1.54, 1.807) is 29.7 Å². The average molecular weight is 470 g/mol. The Hall–Kier alpha value is -3.59. The molecule has 3 aromatic rings. The van der Waals surface area contributed by atoms with Crippen LogP contribution in [0.3, 0.4) is 0 Å². The van der Waals surface area contributed by atoms with Crippen LogP contribution < -0.4 is 10.9 Å². The number of halogens is 3. The molecule has 3 atom stereocenters. The Balaban J connectivity index is 1.65. The molecule has 0 saturated carbocycles. The smallest absolute Gasteiger partial charge is 0.257 e. The Bertz CT molecular complexity index is 1460. The molecule has 1 aliphatic heterocycles. The second kappa shape index (κ2) is 7.77. The summed E-state index contributed by atoms with van der Waals surface area (Å²) in [7, 11) is 0. The van der Waals surface area contributed by atoms with Gasteiger partial charge in [0.25, 0.3) is 5.56 Å². The van der Waals surface area contributed by atoms with Crippen LogP contribution in [-0.4, -0.2) is 31.4 Å². The summed E-state index contributed by atoms with van der Waals surface area (Å²) in [6.07, 6.45) is 3.94. The van der Waals surface area contributed by atoms with Crippen molar-refractivity contribution in [3.8, 4) is 11.5 Å². The molecule has 5 rings (SSSR count). The Morgan fingerprint density at radius 3 is 2.85 bits per heavy atom. The minimum absolute atomic E-state index is 0.0580. The van der Waals surface area contributed by atoms with E-state index in [2.05, 4.69) is 26.8 Å². The fourth-order valence-corrected chi connectivity index (χ4v) is 4.34. The summed E-state index contributed by atoms with van der Waals surface area (Å²) < 4.78 is 31.1. The maximum atomic E-state index is 15.0. The average Bonchev–Trinajstić information content (AvgIpc) is 3.27. The third-order valence-corrected chi connectivity index (χ3v) is 6.21. The number of hydrogen-bond acceptors (Lipinski definition) is 4. The van der Waals surface area contributed by atoms with Gasteiger partial charge in [0.2, 0.25) is 5.91 Å². The van der Waals surface area contributed by atoms with Gasteiger partial charge >= 0.3 is 0 Å². The highest BCUT2D eigenvalue weighted by molar-refractivity contribution is 6.30. The van der Waals surface area contributed by atoms with Crippen molar-refractivity contribution in [2.45, 2.75) is 25.4 Å². The van der Waals surface area contributed by atoms with Crippen LogP contribution in [0, 0.1) is 5.92 Å². The number of aromatic nitrogens is 4. The number of rotatable bonds is 4. The maximum absolute atomic E-state index is 15.0. The first-order valence-electron chi connectivity index (χ1n) is 10.2.